The molecule has 0 unspecified atom stereocenters. The van der Waals surface area contributed by atoms with Crippen molar-refractivity contribution in [3.63, 3.8) is 0 Å². The molecule has 7 heteroatoms. The summed E-state index contributed by atoms with van der Waals surface area (Å²) in [4.78, 5) is -0.0344. The molecular weight excluding hydrogens is 355 g/mol. The Morgan fingerprint density at radius 1 is 0.923 bits per heavy atom. The Kier molecular flexibility index (Phi) is 3.93. The van der Waals surface area contributed by atoms with Crippen LogP contribution in [-0.2, 0) is 10.1 Å². The van der Waals surface area contributed by atoms with E-state index in [1.54, 1.807) is 6.07 Å². The maximum absolute atomic E-state index is 13.3. The van der Waals surface area contributed by atoms with Crippen molar-refractivity contribution in [2.75, 3.05) is 0 Å². The zero-order valence-electron chi connectivity index (χ0n) is 13.4. The highest BCUT2D eigenvalue weighted by molar-refractivity contribution is 7.87. The van der Waals surface area contributed by atoms with Crippen LogP contribution in [0.3, 0.4) is 0 Å². The molecule has 0 aliphatic heterocycles. The van der Waals surface area contributed by atoms with Crippen LogP contribution in [0.1, 0.15) is 0 Å². The smallest absolute Gasteiger partial charge is 0.339 e. The van der Waals surface area contributed by atoms with Gasteiger partial charge in [-0.25, -0.2) is 4.39 Å². The van der Waals surface area contributed by atoms with Gasteiger partial charge in [-0.15, -0.1) is 0 Å². The Morgan fingerprint density at radius 3 is 2.50 bits per heavy atom. The molecule has 1 aromatic heterocycles. The molecule has 0 aliphatic carbocycles. The van der Waals surface area contributed by atoms with Crippen LogP contribution < -0.4 is 4.18 Å². The van der Waals surface area contributed by atoms with Crippen LogP contribution in [0.5, 0.6) is 5.75 Å². The Morgan fingerprint density at radius 2 is 1.73 bits per heavy atom. The van der Waals surface area contributed by atoms with Gasteiger partial charge in [-0.3, -0.25) is 5.10 Å². The van der Waals surface area contributed by atoms with Gasteiger partial charge in [0, 0.05) is 17.0 Å². The Bertz CT molecular complexity index is 1190. The van der Waals surface area contributed by atoms with E-state index in [2.05, 4.69) is 10.2 Å². The van der Waals surface area contributed by atoms with E-state index in [-0.39, 0.29) is 10.6 Å². The topological polar surface area (TPSA) is 72.1 Å². The molecule has 0 fully saturated rings. The second kappa shape index (κ2) is 6.27. The van der Waals surface area contributed by atoms with Crippen molar-refractivity contribution >= 4 is 21.0 Å². The van der Waals surface area contributed by atoms with E-state index in [1.807, 2.05) is 30.3 Å². The Hall–Kier alpha value is -3.19. The van der Waals surface area contributed by atoms with E-state index in [0.29, 0.717) is 16.6 Å². The molecule has 1 N–H and O–H groups in total. The Balaban J connectivity index is 1.77. The standard InChI is InChI=1S/C19H13FN2O3S/c20-14-7-4-8-15(11-14)25-26(23,24)16-9-10-18-17(12-16)19(22-21-18)13-5-2-1-3-6-13/h1-12H,(H,21,22). The van der Waals surface area contributed by atoms with Crippen molar-refractivity contribution < 1.29 is 17.0 Å². The highest BCUT2D eigenvalue weighted by atomic mass is 32.2. The number of H-pyrrole nitrogens is 1. The molecular formula is C19H13FN2O3S. The van der Waals surface area contributed by atoms with Gasteiger partial charge < -0.3 is 4.18 Å². The summed E-state index contributed by atoms with van der Waals surface area (Å²) in [5, 5.41) is 7.81. The molecule has 0 bridgehead atoms. The molecule has 1 heterocycles. The fraction of sp³-hybridized carbons (Fsp3) is 0. The predicted molar refractivity (Wildman–Crippen MR) is 95.7 cm³/mol. The highest BCUT2D eigenvalue weighted by Gasteiger charge is 2.19. The number of aromatic amines is 1. The van der Waals surface area contributed by atoms with Gasteiger partial charge in [0.1, 0.15) is 16.5 Å². The molecule has 5 nitrogen and oxygen atoms in total. The summed E-state index contributed by atoms with van der Waals surface area (Å²) in [7, 11) is -4.11. The van der Waals surface area contributed by atoms with E-state index in [1.165, 1.54) is 30.3 Å². The van der Waals surface area contributed by atoms with Crippen LogP contribution in [0, 0.1) is 5.82 Å². The maximum Gasteiger partial charge on any atom is 0.339 e. The summed E-state index contributed by atoms with van der Waals surface area (Å²) < 4.78 is 43.4. The molecule has 0 saturated carbocycles. The first-order valence-corrected chi connectivity index (χ1v) is 9.17. The largest absolute Gasteiger partial charge is 0.379 e. The quantitative estimate of drug-likeness (QED) is 0.550. The summed E-state index contributed by atoms with van der Waals surface area (Å²) in [6.07, 6.45) is 0. The molecule has 0 spiro atoms. The third-order valence-corrected chi connectivity index (χ3v) is 5.12. The van der Waals surface area contributed by atoms with E-state index < -0.39 is 15.9 Å². The van der Waals surface area contributed by atoms with Gasteiger partial charge in [-0.05, 0) is 30.3 Å². The molecule has 4 aromatic rings. The van der Waals surface area contributed by atoms with Gasteiger partial charge >= 0.3 is 10.1 Å². The number of nitrogens with one attached hydrogen (secondary N) is 1. The summed E-state index contributed by atoms with van der Waals surface area (Å²) in [6.45, 7) is 0. The van der Waals surface area contributed by atoms with Crippen molar-refractivity contribution in [3.05, 3.63) is 78.6 Å². The molecule has 0 saturated heterocycles. The second-order valence-corrected chi connectivity index (χ2v) is 7.19. The fourth-order valence-corrected chi connectivity index (χ4v) is 3.61. The minimum Gasteiger partial charge on any atom is -0.379 e. The number of benzene rings is 3. The number of aromatic nitrogens is 2. The van der Waals surface area contributed by atoms with Crippen molar-refractivity contribution in [3.8, 4) is 17.0 Å². The average Bonchev–Trinajstić information content (AvgIpc) is 3.05. The predicted octanol–water partition coefficient (Wildman–Crippen LogP) is 4.14. The van der Waals surface area contributed by atoms with Crippen LogP contribution in [0.4, 0.5) is 4.39 Å². The van der Waals surface area contributed by atoms with Gasteiger partial charge in [0.15, 0.2) is 0 Å². The van der Waals surface area contributed by atoms with Crippen LogP contribution in [-0.4, -0.2) is 18.6 Å². The SMILES string of the molecule is O=S(=O)(Oc1cccc(F)c1)c1ccc2[nH]nc(-c3ccccc3)c2c1. The lowest BCUT2D eigenvalue weighted by molar-refractivity contribution is 0.483. The third-order valence-electron chi connectivity index (χ3n) is 3.87. The minimum absolute atomic E-state index is 0.0344. The normalized spacial score (nSPS) is 11.6. The molecule has 3 aromatic carbocycles. The van der Waals surface area contributed by atoms with Crippen molar-refractivity contribution in [1.29, 1.82) is 0 Å². The van der Waals surface area contributed by atoms with E-state index in [9.17, 15) is 12.8 Å². The second-order valence-electron chi connectivity index (χ2n) is 5.64. The molecule has 0 aliphatic rings. The monoisotopic (exact) mass is 368 g/mol. The molecule has 4 rings (SSSR count). The summed E-state index contributed by atoms with van der Waals surface area (Å²) in [6, 6.07) is 19.0. The molecule has 26 heavy (non-hydrogen) atoms. The minimum atomic E-state index is -4.11. The summed E-state index contributed by atoms with van der Waals surface area (Å²) in [5.74, 6) is -0.657. The van der Waals surface area contributed by atoms with Gasteiger partial charge in [-0.2, -0.15) is 13.5 Å². The first-order valence-electron chi connectivity index (χ1n) is 7.76. The zero-order valence-corrected chi connectivity index (χ0v) is 14.2. The van der Waals surface area contributed by atoms with Gasteiger partial charge in [0.2, 0.25) is 0 Å². The zero-order chi connectivity index (χ0) is 18.1. The van der Waals surface area contributed by atoms with Crippen LogP contribution in [0.25, 0.3) is 22.2 Å². The lowest BCUT2D eigenvalue weighted by atomic mass is 10.1. The van der Waals surface area contributed by atoms with Crippen LogP contribution >= 0.6 is 0 Å². The number of halogens is 1. The van der Waals surface area contributed by atoms with Crippen LogP contribution in [0.15, 0.2) is 77.7 Å². The van der Waals surface area contributed by atoms with E-state index in [0.717, 1.165) is 11.6 Å². The van der Waals surface area contributed by atoms with Gasteiger partial charge in [-0.1, -0.05) is 36.4 Å². The van der Waals surface area contributed by atoms with Crippen molar-refractivity contribution in [2.24, 2.45) is 0 Å². The highest BCUT2D eigenvalue weighted by Crippen LogP contribution is 2.29. The molecule has 0 atom stereocenters. The Labute approximate surface area is 149 Å². The number of hydrogen-bond acceptors (Lipinski definition) is 4. The number of rotatable bonds is 4. The third kappa shape index (κ3) is 3.04. The van der Waals surface area contributed by atoms with E-state index in [4.69, 9.17) is 4.18 Å². The first-order chi connectivity index (χ1) is 12.5. The fourth-order valence-electron chi connectivity index (χ4n) is 2.66. The summed E-state index contributed by atoms with van der Waals surface area (Å²) >= 11 is 0. The molecule has 0 amide bonds. The van der Waals surface area contributed by atoms with Crippen molar-refractivity contribution in [2.45, 2.75) is 4.90 Å². The number of fused-ring (bicyclic) bond motifs is 1. The lowest BCUT2D eigenvalue weighted by Crippen LogP contribution is -2.09. The maximum atomic E-state index is 13.3. The first kappa shape index (κ1) is 16.3. The van der Waals surface area contributed by atoms with Crippen molar-refractivity contribution in [1.82, 2.24) is 10.2 Å². The number of nitrogens with zero attached hydrogens (tertiary/aromatic N) is 1. The summed E-state index contributed by atoms with van der Waals surface area (Å²) in [5.41, 5.74) is 2.20. The van der Waals surface area contributed by atoms with Gasteiger partial charge in [0.25, 0.3) is 0 Å². The van der Waals surface area contributed by atoms with E-state index >= 15 is 0 Å². The van der Waals surface area contributed by atoms with Crippen LogP contribution in [0.2, 0.25) is 0 Å². The lowest BCUT2D eigenvalue weighted by Gasteiger charge is -2.07. The van der Waals surface area contributed by atoms with Gasteiger partial charge in [0.05, 0.1) is 11.2 Å². The molecule has 0 radical (unpaired) electrons. The number of hydrogen-bond donors (Lipinski definition) is 1. The average molecular weight is 368 g/mol. The molecule has 130 valence electrons.